The third-order valence-electron chi connectivity index (χ3n) is 5.42. The molecule has 0 bridgehead atoms. The van der Waals surface area contributed by atoms with Crippen LogP contribution in [0.25, 0.3) is 22.3 Å². The molecule has 0 amide bonds. The van der Waals surface area contributed by atoms with Crippen LogP contribution in [0.15, 0.2) is 102 Å². The fraction of sp³-hybridized carbons (Fsp3) is 0.156. The SMILES string of the molecule is C=C(C)CC(=O)Oc1cc(OC(=O)C(=C)C)ccc1-c1ccc(-c2ccc(OC(=O)C(=C)C)cc2)c(SC)c1. The molecule has 0 aliphatic carbocycles. The fourth-order valence-corrected chi connectivity index (χ4v) is 4.13. The van der Waals surface area contributed by atoms with Crippen LogP contribution in [-0.4, -0.2) is 24.2 Å². The summed E-state index contributed by atoms with van der Waals surface area (Å²) in [5.74, 6) is -0.590. The molecule has 0 aliphatic rings. The number of carbonyl (C=O) groups excluding carboxylic acids is 3. The molecule has 0 saturated carbocycles. The van der Waals surface area contributed by atoms with E-state index >= 15 is 0 Å². The van der Waals surface area contributed by atoms with Gasteiger partial charge in [-0.25, -0.2) is 9.59 Å². The summed E-state index contributed by atoms with van der Waals surface area (Å²) in [5.41, 5.74) is 4.64. The molecule has 3 rings (SSSR count). The maximum Gasteiger partial charge on any atom is 0.338 e. The first-order valence-electron chi connectivity index (χ1n) is 12.0. The molecule has 3 aromatic carbocycles. The van der Waals surface area contributed by atoms with Gasteiger partial charge in [0.15, 0.2) is 0 Å². The zero-order valence-electron chi connectivity index (χ0n) is 22.5. The number of benzene rings is 3. The van der Waals surface area contributed by atoms with Crippen LogP contribution in [0, 0.1) is 0 Å². The molecule has 3 aromatic rings. The summed E-state index contributed by atoms with van der Waals surface area (Å²) in [6.07, 6.45) is 2.03. The maximum atomic E-state index is 12.5. The van der Waals surface area contributed by atoms with Crippen molar-refractivity contribution < 1.29 is 28.6 Å². The van der Waals surface area contributed by atoms with Crippen LogP contribution in [0.2, 0.25) is 0 Å². The monoisotopic (exact) mass is 542 g/mol. The Morgan fingerprint density at radius 2 is 1.23 bits per heavy atom. The first kappa shape index (κ1) is 29.2. The quantitative estimate of drug-likeness (QED) is 0.0859. The molecule has 0 N–H and O–H groups in total. The van der Waals surface area contributed by atoms with Gasteiger partial charge in [-0.3, -0.25) is 4.79 Å². The normalized spacial score (nSPS) is 10.4. The Kier molecular flexibility index (Phi) is 9.68. The summed E-state index contributed by atoms with van der Waals surface area (Å²) in [4.78, 5) is 37.3. The van der Waals surface area contributed by atoms with E-state index in [1.165, 1.54) is 6.07 Å². The van der Waals surface area contributed by atoms with Crippen molar-refractivity contribution in [3.05, 3.63) is 97.1 Å². The lowest BCUT2D eigenvalue weighted by Gasteiger charge is -2.15. The first-order valence-corrected chi connectivity index (χ1v) is 13.2. The second-order valence-corrected chi connectivity index (χ2v) is 9.89. The Hall–Kier alpha value is -4.36. The summed E-state index contributed by atoms with van der Waals surface area (Å²) in [5, 5.41) is 0. The Labute approximate surface area is 233 Å². The molecule has 0 atom stereocenters. The average Bonchev–Trinajstić information content (AvgIpc) is 2.88. The Morgan fingerprint density at radius 1 is 0.692 bits per heavy atom. The molecule has 0 radical (unpaired) electrons. The van der Waals surface area contributed by atoms with Crippen LogP contribution < -0.4 is 14.2 Å². The van der Waals surface area contributed by atoms with E-state index in [1.807, 2.05) is 36.6 Å². The van der Waals surface area contributed by atoms with Gasteiger partial charge < -0.3 is 14.2 Å². The molecule has 200 valence electrons. The van der Waals surface area contributed by atoms with Gasteiger partial charge in [-0.05, 0) is 74.0 Å². The highest BCUT2D eigenvalue weighted by molar-refractivity contribution is 7.98. The summed E-state index contributed by atoms with van der Waals surface area (Å²) < 4.78 is 16.3. The highest BCUT2D eigenvalue weighted by Gasteiger charge is 2.17. The number of thioether (sulfide) groups is 1. The van der Waals surface area contributed by atoms with E-state index in [0.29, 0.717) is 22.5 Å². The van der Waals surface area contributed by atoms with Gasteiger partial charge in [0.05, 0.1) is 6.42 Å². The van der Waals surface area contributed by atoms with Gasteiger partial charge >= 0.3 is 17.9 Å². The van der Waals surface area contributed by atoms with Gasteiger partial charge in [0, 0.05) is 27.7 Å². The zero-order chi connectivity index (χ0) is 28.7. The van der Waals surface area contributed by atoms with E-state index in [9.17, 15) is 14.4 Å². The molecule has 0 spiro atoms. The first-order chi connectivity index (χ1) is 18.5. The molecular weight excluding hydrogens is 512 g/mol. The summed E-state index contributed by atoms with van der Waals surface area (Å²) in [6.45, 7) is 15.9. The number of esters is 3. The second-order valence-electron chi connectivity index (χ2n) is 9.05. The molecule has 0 unspecified atom stereocenters. The lowest BCUT2D eigenvalue weighted by atomic mass is 9.99. The second kappa shape index (κ2) is 12.9. The van der Waals surface area contributed by atoms with Crippen LogP contribution in [0.3, 0.4) is 0 Å². The van der Waals surface area contributed by atoms with Gasteiger partial charge in [0.2, 0.25) is 0 Å². The lowest BCUT2D eigenvalue weighted by molar-refractivity contribution is -0.133. The maximum absolute atomic E-state index is 12.5. The molecule has 0 aromatic heterocycles. The van der Waals surface area contributed by atoms with Crippen LogP contribution in [0.4, 0.5) is 0 Å². The minimum absolute atomic E-state index is 0.0574. The Bertz CT molecular complexity index is 1470. The van der Waals surface area contributed by atoms with Crippen LogP contribution >= 0.6 is 11.8 Å². The van der Waals surface area contributed by atoms with Gasteiger partial charge in [-0.2, -0.15) is 0 Å². The van der Waals surface area contributed by atoms with Gasteiger partial charge in [0.25, 0.3) is 0 Å². The van der Waals surface area contributed by atoms with E-state index < -0.39 is 17.9 Å². The third-order valence-corrected chi connectivity index (χ3v) is 6.20. The van der Waals surface area contributed by atoms with Crippen LogP contribution in [-0.2, 0) is 14.4 Å². The molecule has 0 heterocycles. The molecule has 6 nitrogen and oxygen atoms in total. The van der Waals surface area contributed by atoms with Crippen molar-refractivity contribution in [1.29, 1.82) is 0 Å². The Balaban J connectivity index is 1.98. The van der Waals surface area contributed by atoms with E-state index in [-0.39, 0.29) is 23.5 Å². The van der Waals surface area contributed by atoms with Crippen molar-refractivity contribution in [2.24, 2.45) is 0 Å². The number of ether oxygens (including phenoxy) is 3. The average molecular weight is 543 g/mol. The molecular formula is C32H30O6S. The van der Waals surface area contributed by atoms with E-state index in [1.54, 1.807) is 56.8 Å². The van der Waals surface area contributed by atoms with Crippen LogP contribution in [0.5, 0.6) is 17.2 Å². The van der Waals surface area contributed by atoms with Crippen molar-refractivity contribution in [1.82, 2.24) is 0 Å². The van der Waals surface area contributed by atoms with E-state index in [0.717, 1.165) is 21.6 Å². The van der Waals surface area contributed by atoms with Gasteiger partial charge in [-0.15, -0.1) is 11.8 Å². The standard InChI is InChI=1S/C32H30O6S/c1-19(2)16-30(33)38-28-18-25(37-32(35)21(5)6)13-15-26(28)23-10-14-27(29(17-23)39-7)22-8-11-24(12-9-22)36-31(34)20(3)4/h8-15,17-18H,1,3,5,16H2,2,4,6-7H3. The topological polar surface area (TPSA) is 78.9 Å². The van der Waals surface area contributed by atoms with Crippen molar-refractivity contribution in [3.63, 3.8) is 0 Å². The lowest BCUT2D eigenvalue weighted by Crippen LogP contribution is -2.10. The van der Waals surface area contributed by atoms with E-state index in [2.05, 4.69) is 19.7 Å². The summed E-state index contributed by atoms with van der Waals surface area (Å²) in [7, 11) is 0. The van der Waals surface area contributed by atoms with Gasteiger partial charge in [0.1, 0.15) is 17.2 Å². The predicted molar refractivity (Wildman–Crippen MR) is 155 cm³/mol. The number of carbonyl (C=O) groups is 3. The highest BCUT2D eigenvalue weighted by Crippen LogP contribution is 2.39. The number of rotatable bonds is 10. The third kappa shape index (κ3) is 7.82. The largest absolute Gasteiger partial charge is 0.425 e. The number of hydrogen-bond donors (Lipinski definition) is 0. The number of hydrogen-bond acceptors (Lipinski definition) is 7. The van der Waals surface area contributed by atoms with Gasteiger partial charge in [-0.1, -0.05) is 49.6 Å². The van der Waals surface area contributed by atoms with E-state index in [4.69, 9.17) is 14.2 Å². The highest BCUT2D eigenvalue weighted by atomic mass is 32.2. The minimum atomic E-state index is -0.573. The molecule has 7 heteroatoms. The van der Waals surface area contributed by atoms with Crippen LogP contribution in [0.1, 0.15) is 27.2 Å². The minimum Gasteiger partial charge on any atom is -0.425 e. The molecule has 0 aliphatic heterocycles. The smallest absolute Gasteiger partial charge is 0.338 e. The molecule has 0 saturated heterocycles. The van der Waals surface area contributed by atoms with Crippen molar-refractivity contribution in [2.45, 2.75) is 32.1 Å². The molecule has 0 fully saturated rings. The van der Waals surface area contributed by atoms with Crippen molar-refractivity contribution in [3.8, 4) is 39.5 Å². The molecule has 39 heavy (non-hydrogen) atoms. The Morgan fingerprint density at radius 3 is 1.79 bits per heavy atom. The fourth-order valence-electron chi connectivity index (χ4n) is 3.48. The predicted octanol–water partition coefficient (Wildman–Crippen LogP) is 7.58. The summed E-state index contributed by atoms with van der Waals surface area (Å²) >= 11 is 1.57. The van der Waals surface area contributed by atoms with Crippen molar-refractivity contribution in [2.75, 3.05) is 6.26 Å². The summed E-state index contributed by atoms with van der Waals surface area (Å²) in [6, 6.07) is 18.0. The zero-order valence-corrected chi connectivity index (χ0v) is 23.3. The van der Waals surface area contributed by atoms with Crippen molar-refractivity contribution >= 4 is 29.7 Å².